The Labute approximate surface area is 108 Å². The van der Waals surface area contributed by atoms with Crippen LogP contribution in [0.15, 0.2) is 41.3 Å². The lowest BCUT2D eigenvalue weighted by Crippen LogP contribution is -2.19. The Hall–Kier alpha value is -1.39. The van der Waals surface area contributed by atoms with Crippen LogP contribution < -0.4 is 5.32 Å². The van der Waals surface area contributed by atoms with E-state index in [0.29, 0.717) is 11.4 Å². The van der Waals surface area contributed by atoms with Gasteiger partial charge in [-0.15, -0.1) is 0 Å². The van der Waals surface area contributed by atoms with Gasteiger partial charge in [-0.05, 0) is 36.9 Å². The van der Waals surface area contributed by atoms with Crippen molar-refractivity contribution in [2.24, 2.45) is 0 Å². The summed E-state index contributed by atoms with van der Waals surface area (Å²) < 4.78 is 24.1. The van der Waals surface area contributed by atoms with Gasteiger partial charge in [0.15, 0.2) is 9.84 Å². The first-order valence-electron chi connectivity index (χ1n) is 5.91. The van der Waals surface area contributed by atoms with Crippen LogP contribution in [-0.4, -0.2) is 27.8 Å². The number of aryl methyl sites for hydroxylation is 1. The van der Waals surface area contributed by atoms with Gasteiger partial charge in [-0.1, -0.05) is 29.8 Å². The normalized spacial score (nSPS) is 11.9. The van der Waals surface area contributed by atoms with Crippen LogP contribution in [-0.2, 0) is 9.84 Å². The molecule has 2 rings (SSSR count). The Kier molecular flexibility index (Phi) is 3.68. The fourth-order valence-electron chi connectivity index (χ4n) is 1.89. The summed E-state index contributed by atoms with van der Waals surface area (Å²) in [6, 6.07) is 11.3. The number of benzene rings is 2. The summed E-state index contributed by atoms with van der Waals surface area (Å²) in [4.78, 5) is 0.397. The third-order valence-corrected chi connectivity index (χ3v) is 4.66. The molecule has 2 aromatic carbocycles. The van der Waals surface area contributed by atoms with Gasteiger partial charge in [-0.2, -0.15) is 0 Å². The van der Waals surface area contributed by atoms with Crippen molar-refractivity contribution in [3.8, 4) is 0 Å². The molecule has 96 valence electrons. The zero-order valence-corrected chi connectivity index (χ0v) is 11.4. The molecule has 0 amide bonds. The van der Waals surface area contributed by atoms with Crippen LogP contribution in [0.4, 0.5) is 0 Å². The van der Waals surface area contributed by atoms with Crippen molar-refractivity contribution in [3.63, 3.8) is 0 Å². The predicted molar refractivity (Wildman–Crippen MR) is 74.7 cm³/mol. The zero-order valence-electron chi connectivity index (χ0n) is 10.6. The molecule has 4 heteroatoms. The second-order valence-corrected chi connectivity index (χ2v) is 6.54. The predicted octanol–water partition coefficient (Wildman–Crippen LogP) is 2.14. The molecule has 0 aliphatic carbocycles. The van der Waals surface area contributed by atoms with E-state index in [9.17, 15) is 8.42 Å². The number of nitrogens with one attached hydrogen (secondary N) is 1. The fraction of sp³-hybridized carbons (Fsp3) is 0.286. The molecular weight excluding hydrogens is 246 g/mol. The molecule has 0 unspecified atom stereocenters. The molecule has 0 saturated heterocycles. The van der Waals surface area contributed by atoms with Crippen LogP contribution in [0.25, 0.3) is 10.8 Å². The van der Waals surface area contributed by atoms with Crippen molar-refractivity contribution in [1.82, 2.24) is 5.32 Å². The summed E-state index contributed by atoms with van der Waals surface area (Å²) in [5.41, 5.74) is 1.17. The van der Waals surface area contributed by atoms with E-state index in [-0.39, 0.29) is 5.75 Å². The minimum absolute atomic E-state index is 0.126. The van der Waals surface area contributed by atoms with Crippen LogP contribution in [0.1, 0.15) is 5.56 Å². The van der Waals surface area contributed by atoms with E-state index in [1.807, 2.05) is 25.1 Å². The molecular formula is C14H17NO2S. The number of hydrogen-bond donors (Lipinski definition) is 1. The van der Waals surface area contributed by atoms with Crippen LogP contribution in [0.3, 0.4) is 0 Å². The third-order valence-electron chi connectivity index (χ3n) is 2.95. The van der Waals surface area contributed by atoms with Gasteiger partial charge in [0, 0.05) is 6.54 Å². The first-order valence-corrected chi connectivity index (χ1v) is 7.56. The van der Waals surface area contributed by atoms with E-state index in [0.717, 1.165) is 10.8 Å². The minimum Gasteiger partial charge on any atom is -0.319 e. The molecule has 2 aromatic rings. The number of rotatable bonds is 4. The summed E-state index contributed by atoms with van der Waals surface area (Å²) in [6.45, 7) is 2.49. The second kappa shape index (κ2) is 5.08. The Balaban J connectivity index is 2.44. The topological polar surface area (TPSA) is 46.2 Å². The lowest BCUT2D eigenvalue weighted by molar-refractivity contribution is 0.593. The molecule has 0 heterocycles. The van der Waals surface area contributed by atoms with E-state index in [4.69, 9.17) is 0 Å². The fourth-order valence-corrected chi connectivity index (χ4v) is 3.18. The molecule has 0 radical (unpaired) electrons. The molecule has 0 atom stereocenters. The minimum atomic E-state index is -3.19. The van der Waals surface area contributed by atoms with Gasteiger partial charge in [0.1, 0.15) is 0 Å². The lowest BCUT2D eigenvalue weighted by Gasteiger charge is -2.06. The summed E-state index contributed by atoms with van der Waals surface area (Å²) in [6.07, 6.45) is 0. The standard InChI is InChI=1S/C14H17NO2S/c1-11-3-4-13-10-14(6-5-12(13)9-11)18(16,17)8-7-15-2/h3-6,9-10,15H,7-8H2,1-2H3. The van der Waals surface area contributed by atoms with Crippen molar-refractivity contribution in [3.05, 3.63) is 42.0 Å². The van der Waals surface area contributed by atoms with Gasteiger partial charge in [0.2, 0.25) is 0 Å². The lowest BCUT2D eigenvalue weighted by atomic mass is 10.1. The Morgan fingerprint density at radius 3 is 2.44 bits per heavy atom. The Bertz CT molecular complexity index is 663. The van der Waals surface area contributed by atoms with Crippen LogP contribution in [0.5, 0.6) is 0 Å². The van der Waals surface area contributed by atoms with Crippen molar-refractivity contribution >= 4 is 20.6 Å². The summed E-state index contributed by atoms with van der Waals surface area (Å²) in [5.74, 6) is 0.126. The second-order valence-electron chi connectivity index (χ2n) is 4.43. The van der Waals surface area contributed by atoms with Crippen molar-refractivity contribution < 1.29 is 8.42 Å². The van der Waals surface area contributed by atoms with Gasteiger partial charge < -0.3 is 5.32 Å². The molecule has 18 heavy (non-hydrogen) atoms. The molecule has 3 nitrogen and oxygen atoms in total. The van der Waals surface area contributed by atoms with Crippen LogP contribution >= 0.6 is 0 Å². The largest absolute Gasteiger partial charge is 0.319 e. The monoisotopic (exact) mass is 263 g/mol. The number of sulfone groups is 1. The third kappa shape index (κ3) is 2.71. The summed E-state index contributed by atoms with van der Waals surface area (Å²) in [5, 5.41) is 4.89. The molecule has 0 spiro atoms. The van der Waals surface area contributed by atoms with Crippen LogP contribution in [0.2, 0.25) is 0 Å². The average molecular weight is 263 g/mol. The summed E-state index contributed by atoms with van der Waals surface area (Å²) in [7, 11) is -1.44. The summed E-state index contributed by atoms with van der Waals surface area (Å²) >= 11 is 0. The number of hydrogen-bond acceptors (Lipinski definition) is 3. The Morgan fingerprint density at radius 2 is 1.72 bits per heavy atom. The quantitative estimate of drug-likeness (QED) is 0.919. The van der Waals surface area contributed by atoms with Gasteiger partial charge in [0.05, 0.1) is 10.6 Å². The highest BCUT2D eigenvalue weighted by atomic mass is 32.2. The van der Waals surface area contributed by atoms with Crippen molar-refractivity contribution in [2.45, 2.75) is 11.8 Å². The first-order chi connectivity index (χ1) is 8.53. The van der Waals surface area contributed by atoms with E-state index in [1.165, 1.54) is 5.56 Å². The van der Waals surface area contributed by atoms with Gasteiger partial charge in [0.25, 0.3) is 0 Å². The van der Waals surface area contributed by atoms with E-state index in [2.05, 4.69) is 11.4 Å². The SMILES string of the molecule is CNCCS(=O)(=O)c1ccc2cc(C)ccc2c1. The van der Waals surface area contributed by atoms with Gasteiger partial charge in [-0.25, -0.2) is 8.42 Å². The first kappa shape index (κ1) is 13.1. The highest BCUT2D eigenvalue weighted by Gasteiger charge is 2.13. The van der Waals surface area contributed by atoms with Crippen LogP contribution in [0, 0.1) is 6.92 Å². The molecule has 1 N–H and O–H groups in total. The molecule has 0 bridgehead atoms. The Morgan fingerprint density at radius 1 is 1.06 bits per heavy atom. The van der Waals surface area contributed by atoms with Crippen molar-refractivity contribution in [1.29, 1.82) is 0 Å². The number of fused-ring (bicyclic) bond motifs is 1. The highest BCUT2D eigenvalue weighted by Crippen LogP contribution is 2.21. The molecule has 0 aliphatic heterocycles. The smallest absolute Gasteiger partial charge is 0.179 e. The highest BCUT2D eigenvalue weighted by molar-refractivity contribution is 7.91. The van der Waals surface area contributed by atoms with E-state index in [1.54, 1.807) is 19.2 Å². The maximum Gasteiger partial charge on any atom is 0.179 e. The van der Waals surface area contributed by atoms with E-state index < -0.39 is 9.84 Å². The zero-order chi connectivity index (χ0) is 13.2. The molecule has 0 aromatic heterocycles. The molecule has 0 saturated carbocycles. The molecule has 0 aliphatic rings. The average Bonchev–Trinajstić information content (AvgIpc) is 2.35. The van der Waals surface area contributed by atoms with Gasteiger partial charge >= 0.3 is 0 Å². The maximum atomic E-state index is 12.1. The van der Waals surface area contributed by atoms with Gasteiger partial charge in [-0.3, -0.25) is 0 Å². The van der Waals surface area contributed by atoms with Crippen molar-refractivity contribution in [2.75, 3.05) is 19.3 Å². The maximum absolute atomic E-state index is 12.1. The molecule has 0 fully saturated rings. The van der Waals surface area contributed by atoms with E-state index >= 15 is 0 Å².